The van der Waals surface area contributed by atoms with Gasteiger partial charge in [0.25, 0.3) is 0 Å². The van der Waals surface area contributed by atoms with Crippen molar-refractivity contribution < 1.29 is 4.74 Å². The van der Waals surface area contributed by atoms with Crippen molar-refractivity contribution in [1.29, 1.82) is 0 Å². The van der Waals surface area contributed by atoms with Crippen LogP contribution in [0.15, 0.2) is 48.8 Å². The van der Waals surface area contributed by atoms with Gasteiger partial charge in [-0.15, -0.1) is 0 Å². The molecular formula is C23H31N3O. The third-order valence-corrected chi connectivity index (χ3v) is 5.89. The Hall–Kier alpha value is -1.75. The first kappa shape index (κ1) is 18.6. The second-order valence-corrected chi connectivity index (χ2v) is 7.99. The normalized spacial score (nSPS) is 20.0. The maximum absolute atomic E-state index is 5.43. The Morgan fingerprint density at radius 2 is 1.48 bits per heavy atom. The molecule has 0 spiro atoms. The second kappa shape index (κ2) is 9.45. The van der Waals surface area contributed by atoms with E-state index in [4.69, 9.17) is 4.74 Å². The highest BCUT2D eigenvalue weighted by atomic mass is 16.5. The zero-order chi connectivity index (χ0) is 18.3. The number of rotatable bonds is 6. The van der Waals surface area contributed by atoms with Crippen molar-refractivity contribution in [3.8, 4) is 0 Å². The zero-order valence-electron chi connectivity index (χ0n) is 16.2. The van der Waals surface area contributed by atoms with Gasteiger partial charge >= 0.3 is 0 Å². The Bertz CT molecular complexity index is 675. The first-order chi connectivity index (χ1) is 13.3. The van der Waals surface area contributed by atoms with E-state index in [2.05, 4.69) is 45.1 Å². The van der Waals surface area contributed by atoms with Gasteiger partial charge in [0.2, 0.25) is 0 Å². The van der Waals surface area contributed by atoms with Crippen LogP contribution in [0.4, 0.5) is 0 Å². The van der Waals surface area contributed by atoms with Crippen molar-refractivity contribution in [2.75, 3.05) is 39.4 Å². The zero-order valence-corrected chi connectivity index (χ0v) is 16.2. The molecule has 0 aliphatic carbocycles. The summed E-state index contributed by atoms with van der Waals surface area (Å²) in [7, 11) is 0. The molecule has 4 nitrogen and oxygen atoms in total. The first-order valence-electron chi connectivity index (χ1n) is 10.3. The number of morpholine rings is 1. The number of piperidine rings is 1. The average Bonchev–Trinajstić information content (AvgIpc) is 2.73. The van der Waals surface area contributed by atoms with Crippen molar-refractivity contribution >= 4 is 0 Å². The number of hydrogen-bond donors (Lipinski definition) is 0. The predicted octanol–water partition coefficient (Wildman–Crippen LogP) is 3.37. The van der Waals surface area contributed by atoms with Gasteiger partial charge in [0.05, 0.1) is 13.2 Å². The van der Waals surface area contributed by atoms with Gasteiger partial charge in [-0.3, -0.25) is 14.8 Å². The molecule has 0 amide bonds. The van der Waals surface area contributed by atoms with E-state index in [1.54, 1.807) is 0 Å². The molecular weight excluding hydrogens is 334 g/mol. The standard InChI is InChI=1S/C23H31N3O/c1-2-23(17-24-9-1)19-25-10-7-21(8-11-25)16-20-3-5-22(6-4-20)18-26-12-14-27-15-13-26/h1-6,9,17,21H,7-8,10-16,18-19H2. The number of aromatic nitrogens is 1. The lowest BCUT2D eigenvalue weighted by Crippen LogP contribution is -2.35. The van der Waals surface area contributed by atoms with E-state index in [0.29, 0.717) is 0 Å². The summed E-state index contributed by atoms with van der Waals surface area (Å²) < 4.78 is 5.43. The van der Waals surface area contributed by atoms with Gasteiger partial charge in [-0.05, 0) is 61.0 Å². The third-order valence-electron chi connectivity index (χ3n) is 5.89. The number of pyridine rings is 1. The van der Waals surface area contributed by atoms with Crippen molar-refractivity contribution in [1.82, 2.24) is 14.8 Å². The van der Waals surface area contributed by atoms with Crippen molar-refractivity contribution in [2.24, 2.45) is 5.92 Å². The molecule has 0 unspecified atom stereocenters. The van der Waals surface area contributed by atoms with Gasteiger partial charge < -0.3 is 4.74 Å². The molecule has 0 bridgehead atoms. The van der Waals surface area contributed by atoms with Crippen LogP contribution >= 0.6 is 0 Å². The van der Waals surface area contributed by atoms with Gasteiger partial charge in [-0.2, -0.15) is 0 Å². The predicted molar refractivity (Wildman–Crippen MR) is 108 cm³/mol. The Labute approximate surface area is 163 Å². The highest BCUT2D eigenvalue weighted by molar-refractivity contribution is 5.23. The number of hydrogen-bond acceptors (Lipinski definition) is 4. The molecule has 0 saturated carbocycles. The van der Waals surface area contributed by atoms with E-state index in [-0.39, 0.29) is 0 Å². The molecule has 4 heteroatoms. The van der Waals surface area contributed by atoms with E-state index in [1.807, 2.05) is 18.5 Å². The molecule has 144 valence electrons. The van der Waals surface area contributed by atoms with Crippen LogP contribution in [0.3, 0.4) is 0 Å². The smallest absolute Gasteiger partial charge is 0.0594 e. The summed E-state index contributed by atoms with van der Waals surface area (Å²) in [5.74, 6) is 0.820. The summed E-state index contributed by atoms with van der Waals surface area (Å²) in [4.78, 5) is 9.28. The fraction of sp³-hybridized carbons (Fsp3) is 0.522. The first-order valence-corrected chi connectivity index (χ1v) is 10.3. The van der Waals surface area contributed by atoms with Crippen molar-refractivity contribution in [3.05, 3.63) is 65.5 Å². The monoisotopic (exact) mass is 365 g/mol. The van der Waals surface area contributed by atoms with E-state index < -0.39 is 0 Å². The highest BCUT2D eigenvalue weighted by Crippen LogP contribution is 2.23. The molecule has 2 aliphatic heterocycles. The summed E-state index contributed by atoms with van der Waals surface area (Å²) in [6.45, 7) is 8.35. The van der Waals surface area contributed by atoms with Gasteiger partial charge in [0.1, 0.15) is 0 Å². The van der Waals surface area contributed by atoms with E-state index in [1.165, 1.54) is 49.0 Å². The summed E-state index contributed by atoms with van der Waals surface area (Å²) in [6.07, 6.45) is 7.66. The Morgan fingerprint density at radius 3 is 2.19 bits per heavy atom. The molecule has 2 fully saturated rings. The number of nitrogens with zero attached hydrogens (tertiary/aromatic N) is 3. The Morgan fingerprint density at radius 1 is 0.815 bits per heavy atom. The second-order valence-electron chi connectivity index (χ2n) is 7.99. The Balaban J connectivity index is 1.22. The molecule has 0 N–H and O–H groups in total. The van der Waals surface area contributed by atoms with Gasteiger partial charge in [-0.25, -0.2) is 0 Å². The lowest BCUT2D eigenvalue weighted by atomic mass is 9.90. The van der Waals surface area contributed by atoms with Gasteiger partial charge in [0, 0.05) is 38.6 Å². The molecule has 2 aliphatic rings. The molecule has 2 saturated heterocycles. The summed E-state index contributed by atoms with van der Waals surface area (Å²) >= 11 is 0. The molecule has 4 rings (SSSR count). The van der Waals surface area contributed by atoms with Crippen LogP contribution < -0.4 is 0 Å². The molecule has 0 radical (unpaired) electrons. The SMILES string of the molecule is c1cncc(CN2CCC(Cc3ccc(CN4CCOCC4)cc3)CC2)c1. The number of ether oxygens (including phenoxy) is 1. The summed E-state index contributed by atoms with van der Waals surface area (Å²) in [6, 6.07) is 13.5. The maximum Gasteiger partial charge on any atom is 0.0594 e. The average molecular weight is 366 g/mol. The molecule has 2 aromatic rings. The van der Waals surface area contributed by atoms with Gasteiger partial charge in [0.15, 0.2) is 0 Å². The topological polar surface area (TPSA) is 28.6 Å². The summed E-state index contributed by atoms with van der Waals surface area (Å²) in [5.41, 5.74) is 4.24. The fourth-order valence-electron chi connectivity index (χ4n) is 4.23. The summed E-state index contributed by atoms with van der Waals surface area (Å²) in [5, 5.41) is 0. The van der Waals surface area contributed by atoms with Crippen LogP contribution in [0, 0.1) is 5.92 Å². The molecule has 1 aromatic heterocycles. The number of likely N-dealkylation sites (tertiary alicyclic amines) is 1. The largest absolute Gasteiger partial charge is 0.379 e. The van der Waals surface area contributed by atoms with E-state index >= 15 is 0 Å². The van der Waals surface area contributed by atoms with Crippen LogP contribution in [-0.2, 0) is 24.2 Å². The van der Waals surface area contributed by atoms with Gasteiger partial charge in [-0.1, -0.05) is 30.3 Å². The molecule has 27 heavy (non-hydrogen) atoms. The molecule has 1 aromatic carbocycles. The van der Waals surface area contributed by atoms with Crippen molar-refractivity contribution in [3.63, 3.8) is 0 Å². The minimum absolute atomic E-state index is 0.820. The lowest BCUT2D eigenvalue weighted by Gasteiger charge is -2.32. The van der Waals surface area contributed by atoms with Crippen LogP contribution in [0.1, 0.15) is 29.5 Å². The maximum atomic E-state index is 5.43. The minimum Gasteiger partial charge on any atom is -0.379 e. The minimum atomic E-state index is 0.820. The van der Waals surface area contributed by atoms with Crippen molar-refractivity contribution in [2.45, 2.75) is 32.4 Å². The third kappa shape index (κ3) is 5.61. The number of benzene rings is 1. The van der Waals surface area contributed by atoms with Crippen LogP contribution in [0.2, 0.25) is 0 Å². The lowest BCUT2D eigenvalue weighted by molar-refractivity contribution is 0.0342. The molecule has 3 heterocycles. The van der Waals surface area contributed by atoms with E-state index in [9.17, 15) is 0 Å². The quantitative estimate of drug-likeness (QED) is 0.785. The van der Waals surface area contributed by atoms with Crippen LogP contribution in [-0.4, -0.2) is 54.2 Å². The Kier molecular flexibility index (Phi) is 6.51. The van der Waals surface area contributed by atoms with Crippen LogP contribution in [0.25, 0.3) is 0 Å². The van der Waals surface area contributed by atoms with E-state index in [0.717, 1.165) is 45.3 Å². The highest BCUT2D eigenvalue weighted by Gasteiger charge is 2.19. The fourth-order valence-corrected chi connectivity index (χ4v) is 4.23. The van der Waals surface area contributed by atoms with Crippen LogP contribution in [0.5, 0.6) is 0 Å². The molecule has 0 atom stereocenters.